The number of carbonyl (C=O) groups is 2. The van der Waals surface area contributed by atoms with Crippen LogP contribution in [0.5, 0.6) is 0 Å². The van der Waals surface area contributed by atoms with Crippen molar-refractivity contribution in [2.75, 3.05) is 0 Å². The van der Waals surface area contributed by atoms with Crippen LogP contribution in [-0.4, -0.2) is 26.4 Å². The number of carbonyl (C=O) groups excluding carboxylic acids is 2. The second-order valence-electron chi connectivity index (χ2n) is 7.22. The number of aryl methyl sites for hydroxylation is 2. The van der Waals surface area contributed by atoms with Gasteiger partial charge in [0.25, 0.3) is 5.91 Å². The van der Waals surface area contributed by atoms with Crippen LogP contribution in [0, 0.1) is 20.8 Å². The highest BCUT2D eigenvalue weighted by molar-refractivity contribution is 6.13. The highest BCUT2D eigenvalue weighted by Gasteiger charge is 2.33. The molecule has 29 heavy (non-hydrogen) atoms. The Kier molecular flexibility index (Phi) is 4.76. The average molecular weight is 386 g/mol. The van der Waals surface area contributed by atoms with Gasteiger partial charge in [0.1, 0.15) is 11.5 Å². The molecule has 146 valence electrons. The van der Waals surface area contributed by atoms with E-state index in [1.54, 1.807) is 12.3 Å². The minimum atomic E-state index is -0.402. The summed E-state index contributed by atoms with van der Waals surface area (Å²) < 4.78 is 2.03. The molecule has 0 saturated carbocycles. The van der Waals surface area contributed by atoms with Gasteiger partial charge in [0, 0.05) is 17.6 Å². The van der Waals surface area contributed by atoms with Gasteiger partial charge in [0.05, 0.1) is 6.54 Å². The molecular weight excluding hydrogens is 364 g/mol. The summed E-state index contributed by atoms with van der Waals surface area (Å²) in [4.78, 5) is 30.9. The fraction of sp³-hybridized carbons (Fsp3) is 0.174. The van der Waals surface area contributed by atoms with Crippen LogP contribution in [0.4, 0.5) is 4.79 Å². The number of hydrogen-bond donors (Lipinski definition) is 1. The van der Waals surface area contributed by atoms with E-state index < -0.39 is 6.03 Å². The molecule has 1 saturated heterocycles. The number of nitrogens with zero attached hydrogens (tertiary/aromatic N) is 3. The number of amides is 3. The van der Waals surface area contributed by atoms with Gasteiger partial charge >= 0.3 is 6.03 Å². The molecule has 0 aliphatic carbocycles. The van der Waals surface area contributed by atoms with Crippen molar-refractivity contribution >= 4 is 18.0 Å². The summed E-state index contributed by atoms with van der Waals surface area (Å²) in [5.74, 6) is 0.495. The third kappa shape index (κ3) is 3.57. The van der Waals surface area contributed by atoms with E-state index in [0.717, 1.165) is 33.9 Å². The molecule has 1 aromatic carbocycles. The lowest BCUT2D eigenvalue weighted by molar-refractivity contribution is -0.123. The summed E-state index contributed by atoms with van der Waals surface area (Å²) in [5.41, 5.74) is 5.11. The standard InChI is InChI=1S/C23H22N4O2/c1-15-7-6-8-18(11-15)14-26-22(28)20(25-23(26)29)13-19-12-16(2)27(17(19)3)21-9-4-5-10-24-21/h4-13H,14H2,1-3H3,(H,25,29)/b20-13-. The first kappa shape index (κ1) is 18.7. The number of nitrogens with one attached hydrogen (secondary N) is 1. The molecule has 3 aromatic rings. The first-order valence-corrected chi connectivity index (χ1v) is 9.44. The van der Waals surface area contributed by atoms with Gasteiger partial charge < -0.3 is 9.88 Å². The first-order chi connectivity index (χ1) is 13.9. The Morgan fingerprint density at radius 3 is 2.59 bits per heavy atom. The molecule has 1 aliphatic heterocycles. The Morgan fingerprint density at radius 1 is 1.03 bits per heavy atom. The van der Waals surface area contributed by atoms with Crippen LogP contribution in [0.1, 0.15) is 28.1 Å². The van der Waals surface area contributed by atoms with Gasteiger partial charge in [0.2, 0.25) is 0 Å². The Labute approximate surface area is 169 Å². The van der Waals surface area contributed by atoms with Crippen molar-refractivity contribution in [1.29, 1.82) is 0 Å². The minimum Gasteiger partial charge on any atom is -0.303 e. The van der Waals surface area contributed by atoms with Crippen LogP contribution in [0.15, 0.2) is 60.4 Å². The predicted octanol–water partition coefficient (Wildman–Crippen LogP) is 3.89. The van der Waals surface area contributed by atoms with Crippen molar-refractivity contribution in [3.8, 4) is 5.82 Å². The molecule has 3 heterocycles. The van der Waals surface area contributed by atoms with Crippen LogP contribution in [0.25, 0.3) is 11.9 Å². The summed E-state index contributed by atoms with van der Waals surface area (Å²) >= 11 is 0. The number of benzene rings is 1. The van der Waals surface area contributed by atoms with E-state index in [0.29, 0.717) is 0 Å². The van der Waals surface area contributed by atoms with E-state index in [2.05, 4.69) is 10.3 Å². The molecule has 0 unspecified atom stereocenters. The van der Waals surface area contributed by atoms with Crippen molar-refractivity contribution in [3.05, 3.63) is 88.5 Å². The Bertz CT molecular complexity index is 1130. The smallest absolute Gasteiger partial charge is 0.303 e. The normalized spacial score (nSPS) is 15.3. The molecule has 2 aromatic heterocycles. The lowest BCUT2D eigenvalue weighted by Gasteiger charge is -2.12. The molecule has 0 atom stereocenters. The van der Waals surface area contributed by atoms with Gasteiger partial charge in [-0.3, -0.25) is 9.69 Å². The molecule has 4 rings (SSSR count). The van der Waals surface area contributed by atoms with Crippen LogP contribution in [0.2, 0.25) is 0 Å². The van der Waals surface area contributed by atoms with Crippen molar-refractivity contribution in [1.82, 2.24) is 19.8 Å². The zero-order valence-corrected chi connectivity index (χ0v) is 16.6. The highest BCUT2D eigenvalue weighted by atomic mass is 16.2. The molecule has 0 spiro atoms. The van der Waals surface area contributed by atoms with E-state index >= 15 is 0 Å². The number of hydrogen-bond acceptors (Lipinski definition) is 3. The van der Waals surface area contributed by atoms with Gasteiger partial charge in [-0.25, -0.2) is 9.78 Å². The summed E-state index contributed by atoms with van der Waals surface area (Å²) in [5, 5.41) is 2.71. The number of rotatable bonds is 4. The summed E-state index contributed by atoms with van der Waals surface area (Å²) in [6.45, 7) is 6.19. The number of urea groups is 1. The van der Waals surface area contributed by atoms with E-state index in [1.165, 1.54) is 4.90 Å². The van der Waals surface area contributed by atoms with Crippen molar-refractivity contribution < 1.29 is 9.59 Å². The Morgan fingerprint density at radius 2 is 1.86 bits per heavy atom. The number of imide groups is 1. The zero-order valence-electron chi connectivity index (χ0n) is 16.6. The van der Waals surface area contributed by atoms with E-state index in [-0.39, 0.29) is 18.1 Å². The van der Waals surface area contributed by atoms with Crippen molar-refractivity contribution in [2.45, 2.75) is 27.3 Å². The molecule has 1 fully saturated rings. The molecule has 0 radical (unpaired) electrons. The van der Waals surface area contributed by atoms with Crippen LogP contribution in [0.3, 0.4) is 0 Å². The predicted molar refractivity (Wildman–Crippen MR) is 111 cm³/mol. The van der Waals surface area contributed by atoms with Gasteiger partial charge in [-0.05, 0) is 56.2 Å². The minimum absolute atomic E-state index is 0.247. The maximum atomic E-state index is 12.8. The van der Waals surface area contributed by atoms with Gasteiger partial charge in [-0.15, -0.1) is 0 Å². The second kappa shape index (κ2) is 7.39. The van der Waals surface area contributed by atoms with E-state index in [9.17, 15) is 9.59 Å². The summed E-state index contributed by atoms with van der Waals surface area (Å²) in [6, 6.07) is 15.1. The monoisotopic (exact) mass is 386 g/mol. The highest BCUT2D eigenvalue weighted by Crippen LogP contribution is 2.23. The third-order valence-corrected chi connectivity index (χ3v) is 5.03. The van der Waals surface area contributed by atoms with Gasteiger partial charge in [-0.2, -0.15) is 0 Å². The van der Waals surface area contributed by atoms with Crippen molar-refractivity contribution in [3.63, 3.8) is 0 Å². The Balaban J connectivity index is 1.63. The van der Waals surface area contributed by atoms with Crippen LogP contribution in [-0.2, 0) is 11.3 Å². The number of pyridine rings is 1. The first-order valence-electron chi connectivity index (χ1n) is 9.44. The van der Waals surface area contributed by atoms with Crippen molar-refractivity contribution in [2.24, 2.45) is 0 Å². The molecule has 6 heteroatoms. The van der Waals surface area contributed by atoms with Gasteiger partial charge in [-0.1, -0.05) is 35.9 Å². The molecule has 6 nitrogen and oxygen atoms in total. The third-order valence-electron chi connectivity index (χ3n) is 5.03. The molecule has 1 aliphatic rings. The molecule has 1 N–H and O–H groups in total. The zero-order chi connectivity index (χ0) is 20.5. The van der Waals surface area contributed by atoms with Crippen LogP contribution >= 0.6 is 0 Å². The molecular formula is C23H22N4O2. The van der Waals surface area contributed by atoms with E-state index in [1.807, 2.05) is 73.9 Å². The summed E-state index contributed by atoms with van der Waals surface area (Å²) in [7, 11) is 0. The largest absolute Gasteiger partial charge is 0.329 e. The maximum Gasteiger partial charge on any atom is 0.329 e. The van der Waals surface area contributed by atoms with Gasteiger partial charge in [0.15, 0.2) is 0 Å². The number of aromatic nitrogens is 2. The average Bonchev–Trinajstić information content (AvgIpc) is 3.12. The fourth-order valence-corrected chi connectivity index (χ4v) is 3.64. The maximum absolute atomic E-state index is 12.8. The topological polar surface area (TPSA) is 67.2 Å². The quantitative estimate of drug-likeness (QED) is 0.546. The second-order valence-corrected chi connectivity index (χ2v) is 7.22. The van der Waals surface area contributed by atoms with Crippen LogP contribution < -0.4 is 5.32 Å². The SMILES string of the molecule is Cc1cccc(CN2C(=O)N/C(=C\c3cc(C)n(-c4ccccn4)c3C)C2=O)c1. The fourth-order valence-electron chi connectivity index (χ4n) is 3.64. The lowest BCUT2D eigenvalue weighted by Crippen LogP contribution is -2.30. The molecule has 3 amide bonds. The Hall–Kier alpha value is -3.67. The lowest BCUT2D eigenvalue weighted by atomic mass is 10.1. The molecule has 0 bridgehead atoms. The summed E-state index contributed by atoms with van der Waals surface area (Å²) in [6.07, 6.45) is 3.48. The van der Waals surface area contributed by atoms with E-state index in [4.69, 9.17) is 0 Å².